The number of rotatable bonds is 7. The van der Waals surface area contributed by atoms with Crippen molar-refractivity contribution in [1.29, 1.82) is 5.26 Å². The molecule has 0 unspecified atom stereocenters. The monoisotopic (exact) mass is 614 g/mol. The molecule has 0 fully saturated rings. The minimum Gasteiger partial charge on any atom is -0.326 e. The van der Waals surface area contributed by atoms with Gasteiger partial charge in [-0.3, -0.25) is 14.5 Å². The molecule has 0 radical (unpaired) electrons. The minimum atomic E-state index is -3.33. The van der Waals surface area contributed by atoms with E-state index >= 15 is 0 Å². The second kappa shape index (κ2) is 12.2. The van der Waals surface area contributed by atoms with Gasteiger partial charge in [0.2, 0.25) is 10.0 Å². The zero-order valence-electron chi connectivity index (χ0n) is 24.7. The molecule has 1 amide bonds. The van der Waals surface area contributed by atoms with Gasteiger partial charge in [-0.15, -0.1) is 0 Å². The molecule has 0 aromatic heterocycles. The van der Waals surface area contributed by atoms with Gasteiger partial charge in [-0.05, 0) is 98.3 Å². The Hall–Kier alpha value is -4.14. The van der Waals surface area contributed by atoms with E-state index in [1.54, 1.807) is 19.2 Å². The summed E-state index contributed by atoms with van der Waals surface area (Å²) in [5.74, 6) is 0.838. The van der Waals surface area contributed by atoms with Crippen molar-refractivity contribution >= 4 is 49.9 Å². The van der Waals surface area contributed by atoms with Crippen molar-refractivity contribution in [2.45, 2.75) is 37.9 Å². The summed E-state index contributed by atoms with van der Waals surface area (Å²) >= 11 is 1.28. The minimum absolute atomic E-state index is 0.0670. The summed E-state index contributed by atoms with van der Waals surface area (Å²) in [6, 6.07) is 23.4. The van der Waals surface area contributed by atoms with Crippen LogP contribution in [-0.2, 0) is 22.9 Å². The largest absolute Gasteiger partial charge is 0.326 e. The third kappa shape index (κ3) is 7.09. The van der Waals surface area contributed by atoms with Crippen molar-refractivity contribution in [2.75, 3.05) is 36.0 Å². The number of thioether (sulfide) groups is 1. The molecule has 0 spiro atoms. The van der Waals surface area contributed by atoms with Crippen LogP contribution < -0.4 is 9.62 Å². The number of amides is 1. The van der Waals surface area contributed by atoms with Crippen molar-refractivity contribution < 1.29 is 13.2 Å². The first-order valence-electron chi connectivity index (χ1n) is 14.0. The van der Waals surface area contributed by atoms with E-state index in [2.05, 4.69) is 39.0 Å². The Balaban J connectivity index is 1.45. The maximum absolute atomic E-state index is 12.3. The average Bonchev–Trinajstić information content (AvgIpc) is 2.97. The number of hydrazone groups is 1. The van der Waals surface area contributed by atoms with Gasteiger partial charge in [-0.2, -0.15) is 10.4 Å². The van der Waals surface area contributed by atoms with Crippen LogP contribution in [-0.4, -0.2) is 61.4 Å². The van der Waals surface area contributed by atoms with E-state index in [-0.39, 0.29) is 5.24 Å². The van der Waals surface area contributed by atoms with Gasteiger partial charge in [0.25, 0.3) is 0 Å². The fourth-order valence-corrected chi connectivity index (χ4v) is 6.71. The number of anilines is 2. The summed E-state index contributed by atoms with van der Waals surface area (Å²) in [7, 11) is -1.64. The Morgan fingerprint density at radius 2 is 1.84 bits per heavy atom. The first-order chi connectivity index (χ1) is 20.4. The fourth-order valence-electron chi connectivity index (χ4n) is 5.28. The van der Waals surface area contributed by atoms with Crippen LogP contribution in [0.4, 0.5) is 16.2 Å². The average molecular weight is 615 g/mol. The Morgan fingerprint density at radius 1 is 1.12 bits per heavy atom. The molecule has 5 rings (SSSR count). The standard InChI is InChI=1S/C32H34N6O3S2/c1-32(2)29(35-37(3)31(39)42-32)26-13-16-28-25(20-26)6-5-19-38(28)30(24-11-7-23(21-33)8-12-24)34-18-17-22-9-14-27(15-10-22)36-43(4,40)41/h7-16,20,36H,5-6,17-19H2,1-4H3. The molecule has 2 heterocycles. The highest BCUT2D eigenvalue weighted by molar-refractivity contribution is 8.15. The fraction of sp³-hybridized carbons (Fsp3) is 0.312. The second-order valence-corrected chi connectivity index (χ2v) is 14.5. The highest BCUT2D eigenvalue weighted by Crippen LogP contribution is 2.37. The van der Waals surface area contributed by atoms with Gasteiger partial charge in [-0.1, -0.05) is 30.0 Å². The van der Waals surface area contributed by atoms with Crippen LogP contribution in [0.1, 0.15) is 48.1 Å². The number of nitriles is 1. The Labute approximate surface area is 257 Å². The van der Waals surface area contributed by atoms with E-state index < -0.39 is 14.8 Å². The maximum atomic E-state index is 12.3. The Bertz CT molecular complexity index is 1740. The zero-order valence-corrected chi connectivity index (χ0v) is 26.3. The molecule has 2 aliphatic heterocycles. The molecule has 2 aliphatic rings. The Kier molecular flexibility index (Phi) is 8.62. The van der Waals surface area contributed by atoms with Crippen LogP contribution in [0.25, 0.3) is 0 Å². The molecule has 9 nitrogen and oxygen atoms in total. The SMILES string of the molecule is CN1N=C(c2ccc3c(c2)CCCN3C(=NCCc2ccc(NS(C)(=O)=O)cc2)c2ccc(C#N)cc2)C(C)(C)SC1=O. The number of benzene rings is 3. The normalized spacial score (nSPS) is 16.8. The number of carbonyl (C=O) groups is 1. The van der Waals surface area contributed by atoms with E-state index in [9.17, 15) is 18.5 Å². The van der Waals surface area contributed by atoms with Gasteiger partial charge in [0.05, 0.1) is 28.3 Å². The van der Waals surface area contributed by atoms with Crippen LogP contribution in [0.5, 0.6) is 0 Å². The lowest BCUT2D eigenvalue weighted by Gasteiger charge is -2.35. The molecular formula is C32H34N6O3S2. The van der Waals surface area contributed by atoms with Crippen molar-refractivity contribution in [3.05, 3.63) is 94.5 Å². The lowest BCUT2D eigenvalue weighted by Crippen LogP contribution is -2.40. The van der Waals surface area contributed by atoms with Gasteiger partial charge >= 0.3 is 5.24 Å². The van der Waals surface area contributed by atoms with Crippen LogP contribution in [0.2, 0.25) is 0 Å². The highest BCUT2D eigenvalue weighted by atomic mass is 32.2. The van der Waals surface area contributed by atoms with Crippen molar-refractivity contribution in [3.63, 3.8) is 0 Å². The van der Waals surface area contributed by atoms with Gasteiger partial charge < -0.3 is 4.90 Å². The van der Waals surface area contributed by atoms with E-state index in [0.29, 0.717) is 24.2 Å². The number of amidine groups is 1. The van der Waals surface area contributed by atoms with Crippen molar-refractivity contribution in [1.82, 2.24) is 5.01 Å². The van der Waals surface area contributed by atoms with Crippen LogP contribution in [0.3, 0.4) is 0 Å². The molecule has 222 valence electrons. The van der Waals surface area contributed by atoms with E-state index in [1.165, 1.54) is 22.3 Å². The number of aliphatic imine (C=N–C) groups is 1. The molecule has 3 aromatic rings. The van der Waals surface area contributed by atoms with Crippen LogP contribution in [0.15, 0.2) is 76.8 Å². The van der Waals surface area contributed by atoms with Crippen molar-refractivity contribution in [2.24, 2.45) is 10.1 Å². The predicted molar refractivity (Wildman–Crippen MR) is 175 cm³/mol. The number of sulfonamides is 1. The van der Waals surface area contributed by atoms with Crippen LogP contribution >= 0.6 is 11.8 Å². The maximum Gasteiger partial charge on any atom is 0.302 e. The lowest BCUT2D eigenvalue weighted by atomic mass is 9.93. The van der Waals surface area contributed by atoms with E-state index in [0.717, 1.165) is 59.6 Å². The molecule has 3 aromatic carbocycles. The van der Waals surface area contributed by atoms with Gasteiger partial charge in [0.1, 0.15) is 5.84 Å². The topological polar surface area (TPSA) is 118 Å². The molecule has 0 bridgehead atoms. The van der Waals surface area contributed by atoms with Gasteiger partial charge in [-0.25, -0.2) is 13.4 Å². The van der Waals surface area contributed by atoms with E-state index in [4.69, 9.17) is 4.99 Å². The third-order valence-electron chi connectivity index (χ3n) is 7.35. The van der Waals surface area contributed by atoms with Crippen LogP contribution in [0, 0.1) is 11.3 Å². The molecule has 1 N–H and O–H groups in total. The number of hydrogen-bond acceptors (Lipinski definition) is 7. The quantitative estimate of drug-likeness (QED) is 0.271. The molecule has 0 atom stereocenters. The number of carbonyl (C=O) groups excluding carboxylic acids is 1. The highest BCUT2D eigenvalue weighted by Gasteiger charge is 2.37. The molecule has 0 saturated carbocycles. The Morgan fingerprint density at radius 3 is 2.51 bits per heavy atom. The first-order valence-corrected chi connectivity index (χ1v) is 16.7. The smallest absolute Gasteiger partial charge is 0.302 e. The third-order valence-corrected chi connectivity index (χ3v) is 9.09. The van der Waals surface area contributed by atoms with Crippen molar-refractivity contribution in [3.8, 4) is 6.07 Å². The summed E-state index contributed by atoms with van der Waals surface area (Å²) in [6.45, 7) is 5.38. The second-order valence-electron chi connectivity index (χ2n) is 11.2. The van der Waals surface area contributed by atoms with Gasteiger partial charge in [0.15, 0.2) is 0 Å². The molecular weight excluding hydrogens is 581 g/mol. The molecule has 0 saturated heterocycles. The number of aryl methyl sites for hydroxylation is 1. The van der Waals surface area contributed by atoms with E-state index in [1.807, 2.05) is 50.2 Å². The molecule has 11 heteroatoms. The predicted octanol–water partition coefficient (Wildman–Crippen LogP) is 5.65. The number of nitrogens with one attached hydrogen (secondary N) is 1. The number of hydrogen-bond donors (Lipinski definition) is 1. The summed E-state index contributed by atoms with van der Waals surface area (Å²) in [5, 5.41) is 15.3. The summed E-state index contributed by atoms with van der Waals surface area (Å²) in [4.78, 5) is 19.6. The van der Waals surface area contributed by atoms with Gasteiger partial charge in [0, 0.05) is 37.1 Å². The summed E-state index contributed by atoms with van der Waals surface area (Å²) < 4.78 is 25.1. The number of fused-ring (bicyclic) bond motifs is 1. The summed E-state index contributed by atoms with van der Waals surface area (Å²) in [6.07, 6.45) is 3.68. The lowest BCUT2D eigenvalue weighted by molar-refractivity contribution is 0.234. The summed E-state index contributed by atoms with van der Waals surface area (Å²) in [5.41, 5.74) is 7.24. The zero-order chi connectivity index (χ0) is 30.8. The molecule has 0 aliphatic carbocycles. The first kappa shape index (κ1) is 30.3. The molecule has 43 heavy (non-hydrogen) atoms. The number of nitrogens with zero attached hydrogens (tertiary/aromatic N) is 5.